The second kappa shape index (κ2) is 7.46. The topological polar surface area (TPSA) is 38.8 Å². The van der Waals surface area contributed by atoms with E-state index in [1.54, 1.807) is 14.2 Å². The van der Waals surface area contributed by atoms with Gasteiger partial charge in [-0.2, -0.15) is 0 Å². The molecule has 0 saturated carbocycles. The van der Waals surface area contributed by atoms with E-state index in [4.69, 9.17) is 9.47 Å². The number of nitrogens with zero attached hydrogens (tertiary/aromatic N) is 1. The number of ether oxygens (including phenoxy) is 2. The molecule has 1 fully saturated rings. The molecule has 1 aromatic carbocycles. The van der Waals surface area contributed by atoms with E-state index in [2.05, 4.69) is 0 Å². The number of rotatable bonds is 5. The summed E-state index contributed by atoms with van der Waals surface area (Å²) in [7, 11) is 3.32. The highest BCUT2D eigenvalue weighted by Gasteiger charge is 2.28. The van der Waals surface area contributed by atoms with Gasteiger partial charge in [0.25, 0.3) is 5.91 Å². The average Bonchev–Trinajstić information content (AvgIpc) is 2.52. The zero-order chi connectivity index (χ0) is 15.2. The van der Waals surface area contributed by atoms with Crippen molar-refractivity contribution in [1.29, 1.82) is 0 Å². The van der Waals surface area contributed by atoms with Gasteiger partial charge in [0.2, 0.25) is 0 Å². The fourth-order valence-corrected chi connectivity index (χ4v) is 2.97. The Hall–Kier alpha value is -1.55. The predicted octanol–water partition coefficient (Wildman–Crippen LogP) is 3.03. The third kappa shape index (κ3) is 3.76. The number of hydrogen-bond acceptors (Lipinski definition) is 3. The van der Waals surface area contributed by atoms with Gasteiger partial charge in [-0.25, -0.2) is 0 Å². The van der Waals surface area contributed by atoms with Crippen molar-refractivity contribution in [1.82, 2.24) is 4.90 Å². The first-order valence-electron chi connectivity index (χ1n) is 7.62. The second-order valence-electron chi connectivity index (χ2n) is 5.63. The number of amides is 1. The lowest BCUT2D eigenvalue weighted by molar-refractivity contribution is 0.0550. The van der Waals surface area contributed by atoms with Crippen LogP contribution in [0.1, 0.15) is 41.6 Å². The number of methoxy groups -OCH3 is 2. The molecular weight excluding hydrogens is 266 g/mol. The van der Waals surface area contributed by atoms with E-state index < -0.39 is 0 Å². The number of carbonyl (C=O) groups is 1. The van der Waals surface area contributed by atoms with Gasteiger partial charge >= 0.3 is 0 Å². The molecule has 0 aliphatic carbocycles. The molecule has 2 rings (SSSR count). The zero-order valence-corrected chi connectivity index (χ0v) is 13.2. The molecular formula is C17H25NO3. The molecule has 0 radical (unpaired) electrons. The van der Waals surface area contributed by atoms with Gasteiger partial charge in [0.05, 0.1) is 12.7 Å². The van der Waals surface area contributed by atoms with Crippen LogP contribution in [0.25, 0.3) is 0 Å². The van der Waals surface area contributed by atoms with Crippen LogP contribution in [-0.2, 0) is 4.74 Å². The Bertz CT molecular complexity index is 487. The number of likely N-dealkylation sites (tertiary alicyclic amines) is 1. The second-order valence-corrected chi connectivity index (χ2v) is 5.63. The van der Waals surface area contributed by atoms with Crippen molar-refractivity contribution in [3.8, 4) is 5.75 Å². The maximum Gasteiger partial charge on any atom is 0.257 e. The molecule has 1 aromatic rings. The van der Waals surface area contributed by atoms with E-state index >= 15 is 0 Å². The van der Waals surface area contributed by atoms with Crippen LogP contribution in [0.3, 0.4) is 0 Å². The number of hydrogen-bond donors (Lipinski definition) is 0. The Kier molecular flexibility index (Phi) is 5.62. The molecule has 4 nitrogen and oxygen atoms in total. The minimum Gasteiger partial charge on any atom is -0.496 e. The van der Waals surface area contributed by atoms with Crippen molar-refractivity contribution in [2.75, 3.05) is 27.4 Å². The molecule has 116 valence electrons. The normalized spacial score (nSPS) is 18.6. The fraction of sp³-hybridized carbons (Fsp3) is 0.588. The van der Waals surface area contributed by atoms with E-state index in [0.717, 1.165) is 31.4 Å². The average molecular weight is 291 g/mol. The van der Waals surface area contributed by atoms with Gasteiger partial charge in [0, 0.05) is 26.3 Å². The van der Waals surface area contributed by atoms with Gasteiger partial charge in [0.1, 0.15) is 5.75 Å². The van der Waals surface area contributed by atoms with Crippen LogP contribution >= 0.6 is 0 Å². The minimum atomic E-state index is 0.0800. The highest BCUT2D eigenvalue weighted by atomic mass is 16.5. The van der Waals surface area contributed by atoms with Crippen LogP contribution in [-0.4, -0.2) is 44.2 Å². The summed E-state index contributed by atoms with van der Waals surface area (Å²) in [6.07, 6.45) is 4.21. The van der Waals surface area contributed by atoms with Crippen molar-refractivity contribution in [2.45, 2.75) is 38.6 Å². The number of piperidine rings is 1. The zero-order valence-electron chi connectivity index (χ0n) is 13.2. The van der Waals surface area contributed by atoms with Gasteiger partial charge in [-0.05, 0) is 44.7 Å². The van der Waals surface area contributed by atoms with E-state index in [1.807, 2.05) is 30.0 Å². The minimum absolute atomic E-state index is 0.0800. The molecule has 0 unspecified atom stereocenters. The molecule has 4 heteroatoms. The third-order valence-corrected chi connectivity index (χ3v) is 4.13. The first kappa shape index (κ1) is 15.8. The van der Waals surface area contributed by atoms with Crippen molar-refractivity contribution in [3.05, 3.63) is 29.3 Å². The maximum absolute atomic E-state index is 12.9. The summed E-state index contributed by atoms with van der Waals surface area (Å²) in [5.74, 6) is 0.734. The number of aryl methyl sites for hydroxylation is 1. The summed E-state index contributed by atoms with van der Waals surface area (Å²) >= 11 is 0. The summed E-state index contributed by atoms with van der Waals surface area (Å²) in [5, 5.41) is 0. The number of carbonyl (C=O) groups excluding carboxylic acids is 1. The Morgan fingerprint density at radius 2 is 2.14 bits per heavy atom. The van der Waals surface area contributed by atoms with Crippen LogP contribution in [0.15, 0.2) is 18.2 Å². The molecule has 1 aliphatic heterocycles. The Morgan fingerprint density at radius 3 is 2.86 bits per heavy atom. The van der Waals surface area contributed by atoms with Crippen molar-refractivity contribution < 1.29 is 14.3 Å². The summed E-state index contributed by atoms with van der Waals surface area (Å²) in [6, 6.07) is 6.03. The van der Waals surface area contributed by atoms with Gasteiger partial charge in [-0.1, -0.05) is 11.6 Å². The lowest BCUT2D eigenvalue weighted by atomic mass is 9.98. The highest BCUT2D eigenvalue weighted by Crippen LogP contribution is 2.26. The van der Waals surface area contributed by atoms with Crippen LogP contribution < -0.4 is 4.74 Å². The number of benzene rings is 1. The molecule has 0 N–H and O–H groups in total. The van der Waals surface area contributed by atoms with E-state index in [9.17, 15) is 4.79 Å². The molecule has 1 heterocycles. The van der Waals surface area contributed by atoms with Crippen LogP contribution in [0.2, 0.25) is 0 Å². The van der Waals surface area contributed by atoms with E-state index in [1.165, 1.54) is 6.42 Å². The quantitative estimate of drug-likeness (QED) is 0.837. The van der Waals surface area contributed by atoms with Gasteiger partial charge in [-0.15, -0.1) is 0 Å². The molecule has 0 bridgehead atoms. The SMILES string of the molecule is COCC[C@@H]1CCCCN1C(=O)c1cc(C)ccc1OC. The molecule has 1 atom stereocenters. The summed E-state index contributed by atoms with van der Waals surface area (Å²) in [5.41, 5.74) is 1.74. The maximum atomic E-state index is 12.9. The molecule has 1 saturated heterocycles. The van der Waals surface area contributed by atoms with Crippen LogP contribution in [0.4, 0.5) is 0 Å². The summed E-state index contributed by atoms with van der Waals surface area (Å²) < 4.78 is 10.5. The fourth-order valence-electron chi connectivity index (χ4n) is 2.97. The van der Waals surface area contributed by atoms with Crippen molar-refractivity contribution in [2.24, 2.45) is 0 Å². The largest absolute Gasteiger partial charge is 0.496 e. The molecule has 0 aromatic heterocycles. The van der Waals surface area contributed by atoms with Gasteiger partial charge in [0.15, 0.2) is 0 Å². The predicted molar refractivity (Wildman–Crippen MR) is 82.9 cm³/mol. The first-order valence-corrected chi connectivity index (χ1v) is 7.62. The third-order valence-electron chi connectivity index (χ3n) is 4.13. The van der Waals surface area contributed by atoms with Crippen molar-refractivity contribution >= 4 is 5.91 Å². The first-order chi connectivity index (χ1) is 10.2. The van der Waals surface area contributed by atoms with Gasteiger partial charge < -0.3 is 14.4 Å². The van der Waals surface area contributed by atoms with Crippen molar-refractivity contribution in [3.63, 3.8) is 0 Å². The van der Waals surface area contributed by atoms with E-state index in [0.29, 0.717) is 17.9 Å². The standard InChI is InChI=1S/C17H25NO3/c1-13-7-8-16(21-3)15(12-13)17(19)18-10-5-4-6-14(18)9-11-20-2/h7-8,12,14H,4-6,9-11H2,1-3H3/t14-/m0/s1. The van der Waals surface area contributed by atoms with Crippen LogP contribution in [0.5, 0.6) is 5.75 Å². The Morgan fingerprint density at radius 1 is 1.33 bits per heavy atom. The lowest BCUT2D eigenvalue weighted by Gasteiger charge is -2.36. The molecule has 21 heavy (non-hydrogen) atoms. The van der Waals surface area contributed by atoms with Gasteiger partial charge in [-0.3, -0.25) is 4.79 Å². The Balaban J connectivity index is 2.22. The lowest BCUT2D eigenvalue weighted by Crippen LogP contribution is -2.44. The van der Waals surface area contributed by atoms with E-state index in [-0.39, 0.29) is 11.9 Å². The molecule has 1 amide bonds. The molecule has 1 aliphatic rings. The Labute approximate surface area is 127 Å². The molecule has 0 spiro atoms. The highest BCUT2D eigenvalue weighted by molar-refractivity contribution is 5.97. The summed E-state index contributed by atoms with van der Waals surface area (Å²) in [4.78, 5) is 14.9. The van der Waals surface area contributed by atoms with Crippen LogP contribution in [0, 0.1) is 6.92 Å². The summed E-state index contributed by atoms with van der Waals surface area (Å²) in [6.45, 7) is 3.51. The monoisotopic (exact) mass is 291 g/mol. The smallest absolute Gasteiger partial charge is 0.257 e.